The molecule has 0 aromatic rings. The van der Waals surface area contributed by atoms with Gasteiger partial charge in [0.15, 0.2) is 0 Å². The van der Waals surface area contributed by atoms with Crippen LogP contribution in [-0.2, 0) is 18.6 Å². The van der Waals surface area contributed by atoms with Crippen molar-refractivity contribution in [3.8, 4) is 0 Å². The fourth-order valence-corrected chi connectivity index (χ4v) is 3.10. The summed E-state index contributed by atoms with van der Waals surface area (Å²) in [6.07, 6.45) is 1.54. The fraction of sp³-hybridized carbons (Fsp3) is 0.875. The van der Waals surface area contributed by atoms with Crippen molar-refractivity contribution in [2.45, 2.75) is 18.9 Å². The van der Waals surface area contributed by atoms with E-state index in [1.807, 2.05) is 0 Å². The summed E-state index contributed by atoms with van der Waals surface area (Å²) < 4.78 is 23.1. The van der Waals surface area contributed by atoms with Gasteiger partial charge in [-0.15, -0.1) is 0 Å². The van der Waals surface area contributed by atoms with Crippen LogP contribution in [0.15, 0.2) is 0 Å². The second kappa shape index (κ2) is 4.43. The predicted molar refractivity (Wildman–Crippen MR) is 52.3 cm³/mol. The highest BCUT2D eigenvalue weighted by Gasteiger charge is 2.40. The highest BCUT2D eigenvalue weighted by Crippen LogP contribution is 2.50. The molecule has 1 rings (SSSR count). The summed E-state index contributed by atoms with van der Waals surface area (Å²) >= 11 is 0. The van der Waals surface area contributed by atoms with Crippen LogP contribution in [0, 0.1) is 0 Å². The first-order valence-electron chi connectivity index (χ1n) is 4.51. The Labute approximate surface area is 83.9 Å². The molecule has 0 aliphatic carbocycles. The first-order chi connectivity index (χ1) is 6.53. The molecule has 0 saturated carbocycles. The van der Waals surface area contributed by atoms with Crippen molar-refractivity contribution in [1.29, 1.82) is 0 Å². The molecule has 1 fully saturated rings. The van der Waals surface area contributed by atoms with Crippen molar-refractivity contribution in [1.82, 2.24) is 4.67 Å². The molecule has 0 amide bonds. The standard InChI is InChI=1S/C8H16NO4P/c1-12-8(10)7-5-4-6-9(7)14(3,11)13-2/h7H,4-6H2,1-3H3/t7-,14?/m0/s1. The minimum atomic E-state index is -2.81. The molecule has 1 aliphatic heterocycles. The van der Waals surface area contributed by atoms with E-state index in [0.717, 1.165) is 6.42 Å². The lowest BCUT2D eigenvalue weighted by Gasteiger charge is -2.27. The maximum Gasteiger partial charge on any atom is 0.323 e. The van der Waals surface area contributed by atoms with Gasteiger partial charge in [-0.1, -0.05) is 0 Å². The predicted octanol–water partition coefficient (Wildman–Crippen LogP) is 1.09. The molecule has 6 heteroatoms. The second-order valence-electron chi connectivity index (χ2n) is 3.33. The van der Waals surface area contributed by atoms with E-state index < -0.39 is 13.6 Å². The molecule has 0 bridgehead atoms. The average molecular weight is 221 g/mol. The van der Waals surface area contributed by atoms with Gasteiger partial charge in [-0.25, -0.2) is 4.67 Å². The van der Waals surface area contributed by atoms with E-state index in [1.54, 1.807) is 4.67 Å². The molecule has 1 heterocycles. The zero-order valence-electron chi connectivity index (χ0n) is 8.73. The minimum absolute atomic E-state index is 0.332. The van der Waals surface area contributed by atoms with Gasteiger partial charge >= 0.3 is 5.97 Å². The number of hydrogen-bond donors (Lipinski definition) is 0. The zero-order chi connectivity index (χ0) is 10.8. The Kier molecular flexibility index (Phi) is 3.70. The number of nitrogens with zero attached hydrogens (tertiary/aromatic N) is 1. The molecular weight excluding hydrogens is 205 g/mol. The Morgan fingerprint density at radius 2 is 2.14 bits per heavy atom. The molecule has 82 valence electrons. The smallest absolute Gasteiger partial charge is 0.323 e. The lowest BCUT2D eigenvalue weighted by molar-refractivity contribution is -0.144. The minimum Gasteiger partial charge on any atom is -0.468 e. The van der Waals surface area contributed by atoms with Crippen LogP contribution in [0.25, 0.3) is 0 Å². The Hall–Kier alpha value is -0.380. The van der Waals surface area contributed by atoms with Gasteiger partial charge in [0, 0.05) is 20.3 Å². The lowest BCUT2D eigenvalue weighted by Crippen LogP contribution is -2.34. The molecule has 5 nitrogen and oxygen atoms in total. The number of esters is 1. The SMILES string of the molecule is COC(=O)[C@@H]1CCCN1P(C)(=O)OC. The number of methoxy groups -OCH3 is 1. The Morgan fingerprint density at radius 3 is 2.64 bits per heavy atom. The molecule has 0 aromatic carbocycles. The van der Waals surface area contributed by atoms with Crippen molar-refractivity contribution in [2.24, 2.45) is 0 Å². The molecule has 2 atom stereocenters. The van der Waals surface area contributed by atoms with E-state index in [-0.39, 0.29) is 5.97 Å². The summed E-state index contributed by atoms with van der Waals surface area (Å²) in [6, 6.07) is -0.407. The van der Waals surface area contributed by atoms with Crippen molar-refractivity contribution < 1.29 is 18.6 Å². The van der Waals surface area contributed by atoms with E-state index in [0.29, 0.717) is 13.0 Å². The molecule has 14 heavy (non-hydrogen) atoms. The topological polar surface area (TPSA) is 55.8 Å². The maximum atomic E-state index is 11.9. The summed E-state index contributed by atoms with van der Waals surface area (Å²) in [6.45, 7) is 2.15. The maximum absolute atomic E-state index is 11.9. The van der Waals surface area contributed by atoms with E-state index in [9.17, 15) is 9.36 Å². The van der Waals surface area contributed by atoms with Gasteiger partial charge in [0.1, 0.15) is 6.04 Å². The summed E-state index contributed by atoms with van der Waals surface area (Å²) in [5.74, 6) is -0.332. The van der Waals surface area contributed by atoms with Crippen LogP contribution in [-0.4, -0.2) is 44.1 Å². The van der Waals surface area contributed by atoms with E-state index in [1.165, 1.54) is 20.9 Å². The van der Waals surface area contributed by atoms with Gasteiger partial charge in [0.05, 0.1) is 7.11 Å². The molecule has 1 unspecified atom stereocenters. The van der Waals surface area contributed by atoms with Gasteiger partial charge in [0.25, 0.3) is 7.52 Å². The van der Waals surface area contributed by atoms with Gasteiger partial charge < -0.3 is 9.26 Å². The third-order valence-electron chi connectivity index (χ3n) is 2.50. The molecule has 0 aromatic heterocycles. The number of carbonyl (C=O) groups excluding carboxylic acids is 1. The number of rotatable bonds is 3. The van der Waals surface area contributed by atoms with E-state index in [2.05, 4.69) is 4.74 Å². The van der Waals surface area contributed by atoms with Crippen molar-refractivity contribution in [2.75, 3.05) is 27.4 Å². The van der Waals surface area contributed by atoms with Crippen LogP contribution < -0.4 is 0 Å². The molecule has 0 radical (unpaired) electrons. The van der Waals surface area contributed by atoms with Crippen molar-refractivity contribution >= 4 is 13.5 Å². The Balaban J connectivity index is 2.78. The Morgan fingerprint density at radius 1 is 1.50 bits per heavy atom. The summed E-state index contributed by atoms with van der Waals surface area (Å²) in [5.41, 5.74) is 0. The lowest BCUT2D eigenvalue weighted by atomic mass is 10.2. The highest BCUT2D eigenvalue weighted by molar-refractivity contribution is 7.55. The van der Waals surface area contributed by atoms with E-state index in [4.69, 9.17) is 4.52 Å². The van der Waals surface area contributed by atoms with Crippen LogP contribution in [0.2, 0.25) is 0 Å². The number of carbonyl (C=O) groups is 1. The number of ether oxygens (including phenoxy) is 1. The first kappa shape index (κ1) is 11.7. The van der Waals surface area contributed by atoms with Gasteiger partial charge in [-0.2, -0.15) is 0 Å². The molecule has 1 aliphatic rings. The molecule has 0 N–H and O–H groups in total. The average Bonchev–Trinajstić information content (AvgIpc) is 2.65. The second-order valence-corrected chi connectivity index (χ2v) is 5.81. The molecule has 0 spiro atoms. The highest BCUT2D eigenvalue weighted by atomic mass is 31.2. The summed E-state index contributed by atoms with van der Waals surface area (Å²) in [5, 5.41) is 0. The Bertz CT molecular complexity index is 268. The quantitative estimate of drug-likeness (QED) is 0.527. The van der Waals surface area contributed by atoms with Crippen LogP contribution in [0.3, 0.4) is 0 Å². The van der Waals surface area contributed by atoms with Crippen LogP contribution in [0.5, 0.6) is 0 Å². The largest absolute Gasteiger partial charge is 0.468 e. The van der Waals surface area contributed by atoms with E-state index >= 15 is 0 Å². The first-order valence-corrected chi connectivity index (χ1v) is 6.53. The molecular formula is C8H16NO4P. The number of hydrogen-bond acceptors (Lipinski definition) is 4. The monoisotopic (exact) mass is 221 g/mol. The van der Waals surface area contributed by atoms with Crippen LogP contribution in [0.4, 0.5) is 0 Å². The van der Waals surface area contributed by atoms with Gasteiger partial charge in [0.2, 0.25) is 0 Å². The normalized spacial score (nSPS) is 27.2. The van der Waals surface area contributed by atoms with Gasteiger partial charge in [-0.05, 0) is 12.8 Å². The summed E-state index contributed by atoms with van der Waals surface area (Å²) in [4.78, 5) is 11.3. The third kappa shape index (κ3) is 2.16. The van der Waals surface area contributed by atoms with Crippen molar-refractivity contribution in [3.63, 3.8) is 0 Å². The van der Waals surface area contributed by atoms with Crippen molar-refractivity contribution in [3.05, 3.63) is 0 Å². The van der Waals surface area contributed by atoms with Crippen LogP contribution >= 0.6 is 7.52 Å². The summed E-state index contributed by atoms with van der Waals surface area (Å²) in [7, 11) is -0.0760. The van der Waals surface area contributed by atoms with Crippen LogP contribution in [0.1, 0.15) is 12.8 Å². The molecule has 1 saturated heterocycles. The fourth-order valence-electron chi connectivity index (χ4n) is 1.67. The third-order valence-corrected chi connectivity index (χ3v) is 4.59. The van der Waals surface area contributed by atoms with Gasteiger partial charge in [-0.3, -0.25) is 9.36 Å². The zero-order valence-corrected chi connectivity index (χ0v) is 9.62.